The van der Waals surface area contributed by atoms with Crippen LogP contribution in [0, 0.1) is 6.07 Å². The molecule has 0 nitrogen and oxygen atoms in total. The van der Waals surface area contributed by atoms with Crippen LogP contribution in [0.3, 0.4) is 0 Å². The molecule has 0 N–H and O–H groups in total. The molecule has 0 unspecified atom stereocenters. The summed E-state index contributed by atoms with van der Waals surface area (Å²) in [6.45, 7) is 0. The van der Waals surface area contributed by atoms with E-state index in [9.17, 15) is 13.2 Å². The SMILES string of the molecule is FC(F)(F)c1ccccc1-c1c[c]c(Br)cc1. The fourth-order valence-electron chi connectivity index (χ4n) is 1.56. The molecule has 2 rings (SSSR count). The molecule has 2 aromatic rings. The van der Waals surface area contributed by atoms with E-state index < -0.39 is 11.7 Å². The lowest BCUT2D eigenvalue weighted by Gasteiger charge is -2.12. The summed E-state index contributed by atoms with van der Waals surface area (Å²) in [4.78, 5) is 0. The third-order valence-electron chi connectivity index (χ3n) is 2.32. The van der Waals surface area contributed by atoms with Crippen molar-refractivity contribution in [3.8, 4) is 11.1 Å². The number of alkyl halides is 3. The van der Waals surface area contributed by atoms with Gasteiger partial charge in [0, 0.05) is 4.47 Å². The Morgan fingerprint density at radius 3 is 2.29 bits per heavy atom. The Bertz CT molecular complexity index is 515. The van der Waals surface area contributed by atoms with E-state index in [-0.39, 0.29) is 5.56 Å². The summed E-state index contributed by atoms with van der Waals surface area (Å²) >= 11 is 3.20. The number of hydrogen-bond donors (Lipinski definition) is 0. The van der Waals surface area contributed by atoms with E-state index in [0.29, 0.717) is 10.0 Å². The summed E-state index contributed by atoms with van der Waals surface area (Å²) in [6.07, 6.45) is -4.34. The number of benzene rings is 2. The maximum Gasteiger partial charge on any atom is 0.417 e. The number of halogens is 4. The zero-order chi connectivity index (χ0) is 12.5. The van der Waals surface area contributed by atoms with Crippen LogP contribution in [0.25, 0.3) is 11.1 Å². The second kappa shape index (κ2) is 4.53. The highest BCUT2D eigenvalue weighted by atomic mass is 79.9. The van der Waals surface area contributed by atoms with Crippen molar-refractivity contribution in [3.63, 3.8) is 0 Å². The zero-order valence-electron chi connectivity index (χ0n) is 8.55. The van der Waals surface area contributed by atoms with Gasteiger partial charge >= 0.3 is 6.18 Å². The van der Waals surface area contributed by atoms with Crippen LogP contribution in [0.5, 0.6) is 0 Å². The molecule has 4 heteroatoms. The lowest BCUT2D eigenvalue weighted by Crippen LogP contribution is -2.06. The van der Waals surface area contributed by atoms with E-state index in [1.807, 2.05) is 0 Å². The number of rotatable bonds is 1. The van der Waals surface area contributed by atoms with Crippen molar-refractivity contribution in [2.75, 3.05) is 0 Å². The van der Waals surface area contributed by atoms with Gasteiger partial charge in [0.25, 0.3) is 0 Å². The summed E-state index contributed by atoms with van der Waals surface area (Å²) in [7, 11) is 0. The smallest absolute Gasteiger partial charge is 0.166 e. The molecule has 0 saturated heterocycles. The second-order valence-electron chi connectivity index (χ2n) is 3.47. The molecular formula is C13H7BrF3. The summed E-state index contributed by atoms with van der Waals surface area (Å²) in [5, 5.41) is 0. The van der Waals surface area contributed by atoms with Crippen molar-refractivity contribution >= 4 is 15.9 Å². The summed E-state index contributed by atoms with van der Waals surface area (Å²) < 4.78 is 39.1. The highest BCUT2D eigenvalue weighted by molar-refractivity contribution is 9.10. The van der Waals surface area contributed by atoms with Gasteiger partial charge in [0.05, 0.1) is 5.56 Å². The molecule has 0 aliphatic carbocycles. The van der Waals surface area contributed by atoms with Gasteiger partial charge in [-0.05, 0) is 35.4 Å². The Morgan fingerprint density at radius 1 is 1.00 bits per heavy atom. The minimum atomic E-state index is -4.34. The molecule has 0 aromatic heterocycles. The Morgan fingerprint density at radius 2 is 1.71 bits per heavy atom. The minimum absolute atomic E-state index is 0.170. The zero-order valence-corrected chi connectivity index (χ0v) is 10.1. The summed E-state index contributed by atoms with van der Waals surface area (Å²) in [6, 6.07) is 13.2. The molecule has 87 valence electrons. The van der Waals surface area contributed by atoms with Crippen LogP contribution in [0.2, 0.25) is 0 Å². The van der Waals surface area contributed by atoms with E-state index in [0.717, 1.165) is 6.07 Å². The fourth-order valence-corrected chi connectivity index (χ4v) is 1.80. The van der Waals surface area contributed by atoms with Crippen molar-refractivity contribution in [2.24, 2.45) is 0 Å². The largest absolute Gasteiger partial charge is 0.417 e. The standard InChI is InChI=1S/C13H7BrF3/c14-10-7-5-9(6-8-10)11-3-1-2-4-12(11)13(15,16)17/h1-7H. The monoisotopic (exact) mass is 299 g/mol. The van der Waals surface area contributed by atoms with Crippen molar-refractivity contribution in [1.29, 1.82) is 0 Å². The van der Waals surface area contributed by atoms with Crippen molar-refractivity contribution in [3.05, 3.63) is 58.6 Å². The Hall–Kier alpha value is -1.29. The van der Waals surface area contributed by atoms with Crippen molar-refractivity contribution < 1.29 is 13.2 Å². The number of hydrogen-bond acceptors (Lipinski definition) is 0. The first-order valence-corrected chi connectivity index (χ1v) is 5.61. The normalized spacial score (nSPS) is 11.5. The van der Waals surface area contributed by atoms with Gasteiger partial charge in [0.2, 0.25) is 0 Å². The van der Waals surface area contributed by atoms with Gasteiger partial charge in [-0.3, -0.25) is 0 Å². The maximum absolute atomic E-state index is 12.8. The molecule has 2 aromatic carbocycles. The first-order valence-electron chi connectivity index (χ1n) is 4.82. The Kier molecular flexibility index (Phi) is 3.24. The molecule has 0 aliphatic heterocycles. The van der Waals surface area contributed by atoms with Gasteiger partial charge in [-0.1, -0.05) is 40.2 Å². The van der Waals surface area contributed by atoms with Crippen LogP contribution in [0.1, 0.15) is 5.56 Å². The van der Waals surface area contributed by atoms with Gasteiger partial charge < -0.3 is 0 Å². The first-order chi connectivity index (χ1) is 7.98. The van der Waals surface area contributed by atoms with Crippen molar-refractivity contribution in [1.82, 2.24) is 0 Å². The first kappa shape index (κ1) is 12.2. The lowest BCUT2D eigenvalue weighted by atomic mass is 9.99. The van der Waals surface area contributed by atoms with E-state index in [4.69, 9.17) is 0 Å². The molecule has 0 bridgehead atoms. The molecule has 0 amide bonds. The molecule has 0 aliphatic rings. The van der Waals surface area contributed by atoms with Gasteiger partial charge in [0.1, 0.15) is 0 Å². The summed E-state index contributed by atoms with van der Waals surface area (Å²) in [5.41, 5.74) is 0.0422. The van der Waals surface area contributed by atoms with Gasteiger partial charge in [-0.25, -0.2) is 0 Å². The average molecular weight is 300 g/mol. The lowest BCUT2D eigenvalue weighted by molar-refractivity contribution is -0.137. The average Bonchev–Trinajstić information content (AvgIpc) is 2.29. The predicted octanol–water partition coefficient (Wildman–Crippen LogP) is 4.94. The van der Waals surface area contributed by atoms with E-state index in [2.05, 4.69) is 22.0 Å². The van der Waals surface area contributed by atoms with Gasteiger partial charge in [0.15, 0.2) is 0 Å². The molecule has 0 atom stereocenters. The van der Waals surface area contributed by atoms with Crippen LogP contribution >= 0.6 is 15.9 Å². The van der Waals surface area contributed by atoms with Crippen molar-refractivity contribution in [2.45, 2.75) is 6.18 Å². The van der Waals surface area contributed by atoms with Crippen LogP contribution in [0.15, 0.2) is 46.9 Å². The highest BCUT2D eigenvalue weighted by Crippen LogP contribution is 2.36. The van der Waals surface area contributed by atoms with Crippen LogP contribution in [0.4, 0.5) is 13.2 Å². The maximum atomic E-state index is 12.8. The van der Waals surface area contributed by atoms with E-state index >= 15 is 0 Å². The highest BCUT2D eigenvalue weighted by Gasteiger charge is 2.33. The van der Waals surface area contributed by atoms with Gasteiger partial charge in [-0.15, -0.1) is 0 Å². The second-order valence-corrected chi connectivity index (χ2v) is 4.32. The quantitative estimate of drug-likeness (QED) is 0.700. The third-order valence-corrected chi connectivity index (χ3v) is 2.81. The van der Waals surface area contributed by atoms with Crippen LogP contribution < -0.4 is 0 Å². The Balaban J connectivity index is 2.56. The molecule has 17 heavy (non-hydrogen) atoms. The molecule has 0 heterocycles. The minimum Gasteiger partial charge on any atom is -0.166 e. The van der Waals surface area contributed by atoms with Crippen LogP contribution in [-0.4, -0.2) is 0 Å². The molecule has 0 fully saturated rings. The topological polar surface area (TPSA) is 0 Å². The molecule has 0 saturated carbocycles. The van der Waals surface area contributed by atoms with E-state index in [1.54, 1.807) is 18.2 Å². The Labute approximate surface area is 105 Å². The van der Waals surface area contributed by atoms with E-state index in [1.165, 1.54) is 18.2 Å². The molecular weight excluding hydrogens is 293 g/mol. The molecule has 0 spiro atoms. The molecule has 1 radical (unpaired) electrons. The van der Waals surface area contributed by atoms with Gasteiger partial charge in [-0.2, -0.15) is 13.2 Å². The fraction of sp³-hybridized carbons (Fsp3) is 0.0769. The van der Waals surface area contributed by atoms with Crippen LogP contribution in [-0.2, 0) is 6.18 Å². The summed E-state index contributed by atoms with van der Waals surface area (Å²) in [5.74, 6) is 0. The third kappa shape index (κ3) is 2.69. The predicted molar refractivity (Wildman–Crippen MR) is 63.4 cm³/mol.